The van der Waals surface area contributed by atoms with Gasteiger partial charge in [-0.2, -0.15) is 0 Å². The van der Waals surface area contributed by atoms with Crippen LogP contribution in [0, 0.1) is 0 Å². The second-order valence-electron chi connectivity index (χ2n) is 8.26. The number of nitrogens with one attached hydrogen (secondary N) is 1. The van der Waals surface area contributed by atoms with Crippen molar-refractivity contribution in [2.45, 2.75) is 64.6 Å². The summed E-state index contributed by atoms with van der Waals surface area (Å²) in [5.74, 6) is -0.719. The van der Waals surface area contributed by atoms with Crippen molar-refractivity contribution in [1.29, 1.82) is 0 Å². The molecule has 2 heterocycles. The quantitative estimate of drug-likeness (QED) is 0.443. The highest BCUT2D eigenvalue weighted by Gasteiger charge is 2.39. The minimum Gasteiger partial charge on any atom is -0.494 e. The highest BCUT2D eigenvalue weighted by molar-refractivity contribution is 6.05. The normalized spacial score (nSPS) is 19.1. The van der Waals surface area contributed by atoms with Crippen LogP contribution in [-0.4, -0.2) is 46.8 Å². The fourth-order valence-electron chi connectivity index (χ4n) is 3.42. The molecule has 0 aromatic heterocycles. The predicted molar refractivity (Wildman–Crippen MR) is 103 cm³/mol. The van der Waals surface area contributed by atoms with E-state index in [4.69, 9.17) is 9.47 Å². The predicted octanol–water partition coefficient (Wildman–Crippen LogP) is 1.95. The monoisotopic (exact) mass is 402 g/mol. The molecule has 1 atom stereocenters. The number of amides is 3. The van der Waals surface area contributed by atoms with Crippen molar-refractivity contribution in [1.82, 2.24) is 10.2 Å². The second kappa shape index (κ2) is 8.23. The Morgan fingerprint density at radius 1 is 1.24 bits per heavy atom. The van der Waals surface area contributed by atoms with Crippen molar-refractivity contribution < 1.29 is 28.7 Å². The molecule has 1 N–H and O–H groups in total. The number of ether oxygens (including phenoxy) is 2. The number of nitrogens with zero attached hydrogens (tertiary/aromatic N) is 1. The molecule has 0 spiro atoms. The number of carbonyl (C=O) groups excluding carboxylic acids is 4. The van der Waals surface area contributed by atoms with E-state index in [-0.39, 0.29) is 30.6 Å². The fourth-order valence-corrected chi connectivity index (χ4v) is 3.42. The lowest BCUT2D eigenvalue weighted by Crippen LogP contribution is -2.52. The van der Waals surface area contributed by atoms with Crippen molar-refractivity contribution in [3.8, 4) is 5.75 Å². The Hall–Kier alpha value is -2.90. The zero-order valence-electron chi connectivity index (χ0n) is 16.9. The first-order chi connectivity index (χ1) is 13.6. The van der Waals surface area contributed by atoms with Gasteiger partial charge in [0.15, 0.2) is 0 Å². The van der Waals surface area contributed by atoms with Crippen LogP contribution in [0.3, 0.4) is 0 Å². The molecule has 1 aromatic rings. The maximum absolute atomic E-state index is 12.8. The molecule has 8 heteroatoms. The first-order valence-corrected chi connectivity index (χ1v) is 9.76. The van der Waals surface area contributed by atoms with Crippen molar-refractivity contribution in [2.24, 2.45) is 0 Å². The zero-order valence-corrected chi connectivity index (χ0v) is 16.9. The van der Waals surface area contributed by atoms with Crippen LogP contribution in [0.25, 0.3) is 0 Å². The summed E-state index contributed by atoms with van der Waals surface area (Å²) in [5.41, 5.74) is 0.812. The van der Waals surface area contributed by atoms with E-state index in [2.05, 4.69) is 5.32 Å². The van der Waals surface area contributed by atoms with Gasteiger partial charge < -0.3 is 14.4 Å². The fraction of sp³-hybridized carbons (Fsp3) is 0.524. The first-order valence-electron chi connectivity index (χ1n) is 9.76. The van der Waals surface area contributed by atoms with Crippen LogP contribution < -0.4 is 10.1 Å². The van der Waals surface area contributed by atoms with E-state index in [0.29, 0.717) is 37.3 Å². The van der Waals surface area contributed by atoms with Crippen LogP contribution in [0.4, 0.5) is 0 Å². The molecule has 29 heavy (non-hydrogen) atoms. The number of piperidine rings is 1. The maximum Gasteiger partial charge on any atom is 0.306 e. The summed E-state index contributed by atoms with van der Waals surface area (Å²) in [7, 11) is 0. The minimum atomic E-state index is -0.634. The molecule has 0 bridgehead atoms. The van der Waals surface area contributed by atoms with Crippen molar-refractivity contribution in [3.05, 3.63) is 29.3 Å². The van der Waals surface area contributed by atoms with Gasteiger partial charge in [0.1, 0.15) is 17.4 Å². The molecule has 156 valence electrons. The standard InChI is InChI=1S/C21H26N2O6/c1-21(2,3)29-18(25)5-4-10-28-14-7-6-13-12-23(20(27)15(13)11-14)16-8-9-17(24)22-19(16)26/h6-7,11,16H,4-5,8-10,12H2,1-3H3,(H,22,24,26). The van der Waals surface area contributed by atoms with Gasteiger partial charge in [0.2, 0.25) is 11.8 Å². The summed E-state index contributed by atoms with van der Waals surface area (Å²) < 4.78 is 10.9. The highest BCUT2D eigenvalue weighted by Crippen LogP contribution is 2.30. The van der Waals surface area contributed by atoms with Crippen molar-refractivity contribution in [2.75, 3.05) is 6.61 Å². The molecule has 0 radical (unpaired) electrons. The Bertz CT molecular complexity index is 842. The van der Waals surface area contributed by atoms with Crippen molar-refractivity contribution in [3.63, 3.8) is 0 Å². The third-order valence-corrected chi connectivity index (χ3v) is 4.71. The topological polar surface area (TPSA) is 102 Å². The van der Waals surface area contributed by atoms with Gasteiger partial charge in [-0.25, -0.2) is 0 Å². The van der Waals surface area contributed by atoms with E-state index in [9.17, 15) is 19.2 Å². The van der Waals surface area contributed by atoms with E-state index >= 15 is 0 Å². The molecule has 1 fully saturated rings. The molecule has 1 aromatic carbocycles. The number of carbonyl (C=O) groups is 4. The Labute approximate surface area is 169 Å². The third kappa shape index (κ3) is 5.13. The molecule has 0 saturated carbocycles. The summed E-state index contributed by atoms with van der Waals surface area (Å²) in [5, 5.41) is 2.29. The molecule has 2 aliphatic heterocycles. The van der Waals surface area contributed by atoms with Crippen LogP contribution in [-0.2, 0) is 25.7 Å². The Morgan fingerprint density at radius 3 is 2.69 bits per heavy atom. The summed E-state index contributed by atoms with van der Waals surface area (Å²) >= 11 is 0. The van der Waals surface area contributed by atoms with E-state index in [0.717, 1.165) is 5.56 Å². The largest absolute Gasteiger partial charge is 0.494 e. The van der Waals surface area contributed by atoms with Crippen LogP contribution in [0.2, 0.25) is 0 Å². The molecule has 3 rings (SSSR count). The summed E-state index contributed by atoms with van der Waals surface area (Å²) in [6.07, 6.45) is 1.31. The van der Waals surface area contributed by atoms with Gasteiger partial charge >= 0.3 is 5.97 Å². The molecule has 1 saturated heterocycles. The van der Waals surface area contributed by atoms with Crippen LogP contribution >= 0.6 is 0 Å². The van der Waals surface area contributed by atoms with Gasteiger partial charge in [-0.1, -0.05) is 6.07 Å². The number of benzene rings is 1. The van der Waals surface area contributed by atoms with Gasteiger partial charge in [-0.05, 0) is 51.3 Å². The molecule has 1 unspecified atom stereocenters. The van der Waals surface area contributed by atoms with E-state index in [1.165, 1.54) is 4.90 Å². The highest BCUT2D eigenvalue weighted by atomic mass is 16.6. The van der Waals surface area contributed by atoms with Crippen molar-refractivity contribution >= 4 is 23.7 Å². The van der Waals surface area contributed by atoms with E-state index in [1.807, 2.05) is 26.8 Å². The van der Waals surface area contributed by atoms with Crippen LogP contribution in [0.5, 0.6) is 5.75 Å². The second-order valence-corrected chi connectivity index (χ2v) is 8.26. The molecular formula is C21H26N2O6. The van der Waals surface area contributed by atoms with Gasteiger partial charge in [-0.3, -0.25) is 24.5 Å². The molecule has 2 aliphatic rings. The Kier molecular flexibility index (Phi) is 5.91. The number of fused-ring (bicyclic) bond motifs is 1. The van der Waals surface area contributed by atoms with E-state index < -0.39 is 17.6 Å². The lowest BCUT2D eigenvalue weighted by molar-refractivity contribution is -0.155. The number of esters is 1. The third-order valence-electron chi connectivity index (χ3n) is 4.71. The maximum atomic E-state index is 12.8. The van der Waals surface area contributed by atoms with Gasteiger partial charge in [0, 0.05) is 24.9 Å². The Morgan fingerprint density at radius 2 is 2.00 bits per heavy atom. The number of hydrogen-bond donors (Lipinski definition) is 1. The van der Waals surface area contributed by atoms with Crippen LogP contribution in [0.15, 0.2) is 18.2 Å². The van der Waals surface area contributed by atoms with Crippen LogP contribution in [0.1, 0.15) is 62.4 Å². The SMILES string of the molecule is CC(C)(C)OC(=O)CCCOc1ccc2c(c1)C(=O)N(C1CCC(=O)NC1=O)C2. The molecule has 8 nitrogen and oxygen atoms in total. The summed E-state index contributed by atoms with van der Waals surface area (Å²) in [6.45, 7) is 6.12. The zero-order chi connectivity index (χ0) is 21.2. The van der Waals surface area contributed by atoms with Gasteiger partial charge in [0.05, 0.1) is 6.61 Å². The van der Waals surface area contributed by atoms with E-state index in [1.54, 1.807) is 12.1 Å². The number of hydrogen-bond acceptors (Lipinski definition) is 6. The average molecular weight is 402 g/mol. The molecule has 0 aliphatic carbocycles. The van der Waals surface area contributed by atoms with Gasteiger partial charge in [-0.15, -0.1) is 0 Å². The molecular weight excluding hydrogens is 376 g/mol. The summed E-state index contributed by atoms with van der Waals surface area (Å²) in [4.78, 5) is 49.4. The Balaban J connectivity index is 1.54. The first kappa shape index (κ1) is 20.8. The lowest BCUT2D eigenvalue weighted by atomic mass is 10.0. The molecule has 3 amide bonds. The smallest absolute Gasteiger partial charge is 0.306 e. The summed E-state index contributed by atoms with van der Waals surface area (Å²) in [6, 6.07) is 4.61. The minimum absolute atomic E-state index is 0.225. The van der Waals surface area contributed by atoms with Gasteiger partial charge in [0.25, 0.3) is 5.91 Å². The number of imide groups is 1. The average Bonchev–Trinajstić information content (AvgIpc) is 2.94. The number of rotatable bonds is 6. The lowest BCUT2D eigenvalue weighted by Gasteiger charge is -2.29.